The molecule has 0 amide bonds. The first-order chi connectivity index (χ1) is 13.7. The third-order valence-corrected chi connectivity index (χ3v) is 5.42. The lowest BCUT2D eigenvalue weighted by Crippen LogP contribution is -1.93. The topological polar surface area (TPSA) is 77.6 Å². The molecule has 0 radical (unpaired) electrons. The van der Waals surface area contributed by atoms with E-state index in [-0.39, 0.29) is 0 Å². The molecule has 0 bridgehead atoms. The highest BCUT2D eigenvalue weighted by molar-refractivity contribution is 7.18. The van der Waals surface area contributed by atoms with Gasteiger partial charge in [-0.05, 0) is 25.1 Å². The highest BCUT2D eigenvalue weighted by Crippen LogP contribution is 2.38. The fourth-order valence-corrected chi connectivity index (χ4v) is 4.00. The van der Waals surface area contributed by atoms with Gasteiger partial charge in [0, 0.05) is 35.6 Å². The molecule has 0 saturated carbocycles. The van der Waals surface area contributed by atoms with Crippen LogP contribution >= 0.6 is 11.3 Å². The summed E-state index contributed by atoms with van der Waals surface area (Å²) in [5, 5.41) is 1.55. The summed E-state index contributed by atoms with van der Waals surface area (Å²) in [6, 6.07) is 6.87. The first-order valence-corrected chi connectivity index (χ1v) is 9.25. The van der Waals surface area contributed by atoms with Crippen molar-refractivity contribution in [3.8, 4) is 32.7 Å². The number of halogens is 1. The lowest BCUT2D eigenvalue weighted by molar-refractivity contribution is 0.615. The van der Waals surface area contributed by atoms with Crippen LogP contribution in [0.25, 0.3) is 43.6 Å². The van der Waals surface area contributed by atoms with Gasteiger partial charge in [0.2, 0.25) is 0 Å². The van der Waals surface area contributed by atoms with Crippen LogP contribution in [-0.2, 0) is 0 Å². The second-order valence-electron chi connectivity index (χ2n) is 6.09. The van der Waals surface area contributed by atoms with Gasteiger partial charge in [-0.1, -0.05) is 0 Å². The Balaban J connectivity index is 1.70. The van der Waals surface area contributed by atoms with Crippen molar-refractivity contribution in [1.82, 2.24) is 24.9 Å². The Labute approximate surface area is 162 Å². The number of aromatic nitrogens is 5. The molecule has 0 aromatic carbocycles. The number of aryl methyl sites for hydroxylation is 1. The Hall–Kier alpha value is -3.52. The molecule has 0 N–H and O–H groups in total. The molecule has 28 heavy (non-hydrogen) atoms. The van der Waals surface area contributed by atoms with E-state index in [1.165, 1.54) is 23.6 Å². The van der Waals surface area contributed by atoms with Gasteiger partial charge in [0.25, 0.3) is 0 Å². The van der Waals surface area contributed by atoms with Crippen molar-refractivity contribution in [2.45, 2.75) is 6.92 Å². The van der Waals surface area contributed by atoms with Crippen molar-refractivity contribution in [2.24, 2.45) is 0 Å². The van der Waals surface area contributed by atoms with Gasteiger partial charge in [0.15, 0.2) is 5.82 Å². The molecule has 136 valence electrons. The Morgan fingerprint density at radius 3 is 2.75 bits per heavy atom. The molecule has 5 rings (SSSR count). The lowest BCUT2D eigenvalue weighted by Gasteiger charge is -2.04. The maximum absolute atomic E-state index is 13.6. The van der Waals surface area contributed by atoms with Gasteiger partial charge in [-0.2, -0.15) is 0 Å². The van der Waals surface area contributed by atoms with E-state index in [1.54, 1.807) is 30.9 Å². The van der Waals surface area contributed by atoms with Gasteiger partial charge in [-0.3, -0.25) is 4.98 Å². The SMILES string of the molecule is Cc1nc(-c2cncc(F)c2)sc1-c1nc(-c2ncccn2)cc2occc12. The molecule has 8 heteroatoms. The Bertz CT molecular complexity index is 1300. The van der Waals surface area contributed by atoms with Crippen LogP contribution in [0, 0.1) is 12.7 Å². The molecule has 0 aliphatic rings. The zero-order valence-corrected chi connectivity index (χ0v) is 15.4. The highest BCUT2D eigenvalue weighted by atomic mass is 32.1. The predicted octanol–water partition coefficient (Wildman–Crippen LogP) is 4.92. The summed E-state index contributed by atoms with van der Waals surface area (Å²) in [4.78, 5) is 22.8. The molecule has 0 aliphatic heterocycles. The fourth-order valence-electron chi connectivity index (χ4n) is 2.95. The van der Waals surface area contributed by atoms with Crippen molar-refractivity contribution in [1.29, 1.82) is 0 Å². The molecule has 0 spiro atoms. The number of fused-ring (bicyclic) bond motifs is 1. The standard InChI is InChI=1S/C20H12FN5OS/c1-11-18(28-20(25-11)12-7-13(21)10-22-9-12)17-14-3-6-27-16(14)8-15(26-17)19-23-4-2-5-24-19/h2-10H,1H3. The van der Waals surface area contributed by atoms with Gasteiger partial charge in [-0.25, -0.2) is 24.3 Å². The maximum atomic E-state index is 13.6. The van der Waals surface area contributed by atoms with E-state index in [0.29, 0.717) is 27.7 Å². The van der Waals surface area contributed by atoms with E-state index in [2.05, 4.69) is 19.9 Å². The number of pyridine rings is 2. The van der Waals surface area contributed by atoms with Crippen LogP contribution in [0.5, 0.6) is 0 Å². The minimum Gasteiger partial charge on any atom is -0.464 e. The minimum atomic E-state index is -0.398. The zero-order chi connectivity index (χ0) is 19.1. The number of nitrogens with zero attached hydrogens (tertiary/aromatic N) is 5. The maximum Gasteiger partial charge on any atom is 0.178 e. The summed E-state index contributed by atoms with van der Waals surface area (Å²) in [6.07, 6.45) is 7.73. The van der Waals surface area contributed by atoms with Crippen molar-refractivity contribution in [3.63, 3.8) is 0 Å². The highest BCUT2D eigenvalue weighted by Gasteiger charge is 2.19. The van der Waals surface area contributed by atoms with E-state index in [9.17, 15) is 4.39 Å². The molecular formula is C20H12FN5OS. The van der Waals surface area contributed by atoms with E-state index < -0.39 is 5.82 Å². The van der Waals surface area contributed by atoms with E-state index >= 15 is 0 Å². The van der Waals surface area contributed by atoms with Crippen LogP contribution in [-0.4, -0.2) is 24.9 Å². The summed E-state index contributed by atoms with van der Waals surface area (Å²) in [7, 11) is 0. The number of rotatable bonds is 3. The van der Waals surface area contributed by atoms with Gasteiger partial charge in [-0.15, -0.1) is 11.3 Å². The fraction of sp³-hybridized carbons (Fsp3) is 0.0500. The predicted molar refractivity (Wildman–Crippen MR) is 104 cm³/mol. The van der Waals surface area contributed by atoms with Gasteiger partial charge >= 0.3 is 0 Å². The first kappa shape index (κ1) is 16.6. The monoisotopic (exact) mass is 389 g/mol. The summed E-state index contributed by atoms with van der Waals surface area (Å²) in [5.74, 6) is 0.115. The number of hydrogen-bond donors (Lipinski definition) is 0. The summed E-state index contributed by atoms with van der Waals surface area (Å²) in [6.45, 7) is 1.90. The molecule has 5 heterocycles. The van der Waals surface area contributed by atoms with Crippen molar-refractivity contribution in [2.75, 3.05) is 0 Å². The molecule has 5 aromatic rings. The summed E-state index contributed by atoms with van der Waals surface area (Å²) in [5.41, 5.74) is 3.46. The smallest absolute Gasteiger partial charge is 0.178 e. The van der Waals surface area contributed by atoms with Crippen molar-refractivity contribution >= 4 is 22.3 Å². The molecule has 0 aliphatic carbocycles. The average Bonchev–Trinajstić information content (AvgIpc) is 3.34. The molecule has 0 fully saturated rings. The van der Waals surface area contributed by atoms with Gasteiger partial charge in [0.1, 0.15) is 22.1 Å². The average molecular weight is 389 g/mol. The lowest BCUT2D eigenvalue weighted by atomic mass is 10.1. The number of hydrogen-bond acceptors (Lipinski definition) is 7. The van der Waals surface area contributed by atoms with Crippen LogP contribution < -0.4 is 0 Å². The van der Waals surface area contributed by atoms with Crippen LogP contribution in [0.4, 0.5) is 4.39 Å². The van der Waals surface area contributed by atoms with E-state index in [0.717, 1.165) is 21.7 Å². The molecule has 0 saturated heterocycles. The summed E-state index contributed by atoms with van der Waals surface area (Å²) >= 11 is 1.43. The van der Waals surface area contributed by atoms with Crippen molar-refractivity contribution < 1.29 is 8.81 Å². The normalized spacial score (nSPS) is 11.2. The van der Waals surface area contributed by atoms with Crippen LogP contribution in [0.3, 0.4) is 0 Å². The summed E-state index contributed by atoms with van der Waals surface area (Å²) < 4.78 is 19.2. The Kier molecular flexibility index (Phi) is 3.91. The third kappa shape index (κ3) is 2.84. The second-order valence-corrected chi connectivity index (χ2v) is 7.09. The molecule has 0 atom stereocenters. The quantitative estimate of drug-likeness (QED) is 0.436. The van der Waals surface area contributed by atoms with Crippen LogP contribution in [0.15, 0.2) is 59.7 Å². The molecule has 5 aromatic heterocycles. The first-order valence-electron chi connectivity index (χ1n) is 8.43. The van der Waals surface area contributed by atoms with Crippen molar-refractivity contribution in [3.05, 3.63) is 66.8 Å². The van der Waals surface area contributed by atoms with Crippen LogP contribution in [0.2, 0.25) is 0 Å². The zero-order valence-electron chi connectivity index (χ0n) is 14.6. The largest absolute Gasteiger partial charge is 0.464 e. The van der Waals surface area contributed by atoms with E-state index in [1.807, 2.05) is 19.1 Å². The number of furan rings is 1. The number of thiazole rings is 1. The Morgan fingerprint density at radius 2 is 1.93 bits per heavy atom. The van der Waals surface area contributed by atoms with Gasteiger partial charge in [0.05, 0.1) is 28.7 Å². The third-order valence-electron chi connectivity index (χ3n) is 4.21. The van der Waals surface area contributed by atoms with Gasteiger partial charge < -0.3 is 4.42 Å². The Morgan fingerprint density at radius 1 is 1.07 bits per heavy atom. The van der Waals surface area contributed by atoms with Crippen LogP contribution in [0.1, 0.15) is 5.69 Å². The molecule has 6 nitrogen and oxygen atoms in total. The van der Waals surface area contributed by atoms with E-state index in [4.69, 9.17) is 9.40 Å². The second kappa shape index (κ2) is 6.58. The molecular weight excluding hydrogens is 377 g/mol. The minimum absolute atomic E-state index is 0.398. The molecule has 0 unspecified atom stereocenters.